The molecule has 0 aromatic heterocycles. The Bertz CT molecular complexity index is 383. The van der Waals surface area contributed by atoms with Crippen molar-refractivity contribution in [3.63, 3.8) is 0 Å². The van der Waals surface area contributed by atoms with Gasteiger partial charge in [-0.1, -0.05) is 13.0 Å². The summed E-state index contributed by atoms with van der Waals surface area (Å²) in [6, 6.07) is 2.87. The molecule has 0 saturated heterocycles. The zero-order chi connectivity index (χ0) is 11.1. The largest absolute Gasteiger partial charge is 0.330 e. The molecular formula is C12H15F2N. The average molecular weight is 211 g/mol. The minimum atomic E-state index is -0.451. The highest BCUT2D eigenvalue weighted by atomic mass is 19.1. The van der Waals surface area contributed by atoms with E-state index in [4.69, 9.17) is 5.73 Å². The van der Waals surface area contributed by atoms with Crippen LogP contribution in [0.3, 0.4) is 0 Å². The SMILES string of the molecule is CCc1ccc(F)c(C2(CN)CC2)c1F. The molecule has 1 nitrogen and oxygen atoms in total. The second-order valence-electron chi connectivity index (χ2n) is 4.23. The molecule has 1 fully saturated rings. The predicted octanol–water partition coefficient (Wildman–Crippen LogP) is 2.52. The molecule has 0 unspecified atom stereocenters. The molecule has 0 radical (unpaired) electrons. The van der Waals surface area contributed by atoms with E-state index in [0.29, 0.717) is 18.5 Å². The second-order valence-corrected chi connectivity index (χ2v) is 4.23. The van der Waals surface area contributed by atoms with Gasteiger partial charge in [-0.25, -0.2) is 8.78 Å². The van der Waals surface area contributed by atoms with Gasteiger partial charge in [0.05, 0.1) is 0 Å². The van der Waals surface area contributed by atoms with E-state index in [2.05, 4.69) is 0 Å². The first kappa shape index (κ1) is 10.6. The number of hydrogen-bond donors (Lipinski definition) is 1. The highest BCUT2D eigenvalue weighted by Crippen LogP contribution is 2.49. The average Bonchev–Trinajstić information content (AvgIpc) is 2.99. The highest BCUT2D eigenvalue weighted by molar-refractivity contribution is 5.38. The van der Waals surface area contributed by atoms with Crippen molar-refractivity contribution in [3.8, 4) is 0 Å². The molecule has 0 heterocycles. The van der Waals surface area contributed by atoms with Crippen LogP contribution in [0, 0.1) is 11.6 Å². The zero-order valence-corrected chi connectivity index (χ0v) is 8.82. The van der Waals surface area contributed by atoms with Crippen molar-refractivity contribution < 1.29 is 8.78 Å². The lowest BCUT2D eigenvalue weighted by molar-refractivity contribution is 0.510. The topological polar surface area (TPSA) is 26.0 Å². The van der Waals surface area contributed by atoms with Gasteiger partial charge in [0, 0.05) is 17.5 Å². The van der Waals surface area contributed by atoms with E-state index in [9.17, 15) is 8.78 Å². The third-order valence-corrected chi connectivity index (χ3v) is 3.33. The Morgan fingerprint density at radius 3 is 2.47 bits per heavy atom. The van der Waals surface area contributed by atoms with E-state index in [-0.39, 0.29) is 11.4 Å². The summed E-state index contributed by atoms with van der Waals surface area (Å²) in [6.07, 6.45) is 2.18. The summed E-state index contributed by atoms with van der Waals surface area (Å²) in [4.78, 5) is 0. The van der Waals surface area contributed by atoms with Crippen molar-refractivity contribution in [2.45, 2.75) is 31.6 Å². The number of aryl methyl sites for hydroxylation is 1. The van der Waals surface area contributed by atoms with Gasteiger partial charge in [-0.15, -0.1) is 0 Å². The Hall–Kier alpha value is -0.960. The van der Waals surface area contributed by atoms with Crippen molar-refractivity contribution in [2.75, 3.05) is 6.54 Å². The van der Waals surface area contributed by atoms with E-state index in [1.54, 1.807) is 0 Å². The maximum Gasteiger partial charge on any atom is 0.133 e. The summed E-state index contributed by atoms with van der Waals surface area (Å²) in [5.74, 6) is -0.840. The molecule has 1 saturated carbocycles. The summed E-state index contributed by atoms with van der Waals surface area (Å²) in [5, 5.41) is 0. The summed E-state index contributed by atoms with van der Waals surface area (Å²) < 4.78 is 27.6. The number of nitrogens with two attached hydrogens (primary N) is 1. The Kier molecular flexibility index (Phi) is 2.51. The van der Waals surface area contributed by atoms with Crippen LogP contribution in [0.1, 0.15) is 30.9 Å². The van der Waals surface area contributed by atoms with Gasteiger partial charge in [0.2, 0.25) is 0 Å². The molecule has 0 aliphatic heterocycles. The van der Waals surface area contributed by atoms with Crippen molar-refractivity contribution >= 4 is 0 Å². The van der Waals surface area contributed by atoms with Gasteiger partial charge in [-0.05, 0) is 30.9 Å². The first-order valence-electron chi connectivity index (χ1n) is 5.32. The molecule has 1 aromatic rings. The molecule has 0 amide bonds. The molecule has 3 heteroatoms. The molecule has 1 aliphatic carbocycles. The van der Waals surface area contributed by atoms with Crippen LogP contribution in [0.15, 0.2) is 12.1 Å². The quantitative estimate of drug-likeness (QED) is 0.816. The molecule has 0 atom stereocenters. The number of benzene rings is 1. The minimum absolute atomic E-state index is 0.212. The first-order chi connectivity index (χ1) is 7.14. The summed E-state index contributed by atoms with van der Waals surface area (Å²) in [5.41, 5.74) is 5.97. The van der Waals surface area contributed by atoms with Gasteiger partial charge >= 0.3 is 0 Å². The third kappa shape index (κ3) is 1.55. The predicted molar refractivity (Wildman–Crippen MR) is 55.7 cm³/mol. The van der Waals surface area contributed by atoms with Gasteiger partial charge in [0.15, 0.2) is 0 Å². The Morgan fingerprint density at radius 2 is 2.00 bits per heavy atom. The van der Waals surface area contributed by atoms with Gasteiger partial charge < -0.3 is 5.73 Å². The van der Waals surface area contributed by atoms with Crippen LogP contribution >= 0.6 is 0 Å². The van der Waals surface area contributed by atoms with Gasteiger partial charge in [-0.2, -0.15) is 0 Å². The maximum atomic E-state index is 14.0. The van der Waals surface area contributed by atoms with E-state index in [1.165, 1.54) is 12.1 Å². The zero-order valence-electron chi connectivity index (χ0n) is 8.82. The summed E-state index contributed by atoms with van der Waals surface area (Å²) >= 11 is 0. The molecule has 2 N–H and O–H groups in total. The molecule has 15 heavy (non-hydrogen) atoms. The molecule has 0 spiro atoms. The lowest BCUT2D eigenvalue weighted by atomic mass is 9.92. The van der Waals surface area contributed by atoms with Crippen LogP contribution in [-0.4, -0.2) is 6.54 Å². The van der Waals surface area contributed by atoms with Crippen molar-refractivity contribution in [1.29, 1.82) is 0 Å². The van der Waals surface area contributed by atoms with Crippen molar-refractivity contribution in [1.82, 2.24) is 0 Å². The molecule has 1 aliphatic rings. The Balaban J connectivity index is 2.54. The first-order valence-corrected chi connectivity index (χ1v) is 5.32. The number of hydrogen-bond acceptors (Lipinski definition) is 1. The van der Waals surface area contributed by atoms with E-state index in [0.717, 1.165) is 12.8 Å². The fourth-order valence-electron chi connectivity index (χ4n) is 2.06. The molecule has 0 bridgehead atoms. The van der Waals surface area contributed by atoms with Crippen molar-refractivity contribution in [2.24, 2.45) is 5.73 Å². The van der Waals surface area contributed by atoms with Crippen LogP contribution < -0.4 is 5.73 Å². The lowest BCUT2D eigenvalue weighted by Crippen LogP contribution is -2.23. The highest BCUT2D eigenvalue weighted by Gasteiger charge is 2.46. The van der Waals surface area contributed by atoms with Crippen LogP contribution in [-0.2, 0) is 11.8 Å². The van der Waals surface area contributed by atoms with Crippen LogP contribution in [0.4, 0.5) is 8.78 Å². The molecule has 1 aromatic carbocycles. The van der Waals surface area contributed by atoms with Gasteiger partial charge in [0.1, 0.15) is 11.6 Å². The minimum Gasteiger partial charge on any atom is -0.330 e. The summed E-state index contributed by atoms with van der Waals surface area (Å²) in [7, 11) is 0. The monoisotopic (exact) mass is 211 g/mol. The molecular weight excluding hydrogens is 196 g/mol. The van der Waals surface area contributed by atoms with Gasteiger partial charge in [-0.3, -0.25) is 0 Å². The smallest absolute Gasteiger partial charge is 0.133 e. The Morgan fingerprint density at radius 1 is 1.33 bits per heavy atom. The maximum absolute atomic E-state index is 14.0. The second kappa shape index (κ2) is 3.56. The fourth-order valence-corrected chi connectivity index (χ4v) is 2.06. The van der Waals surface area contributed by atoms with E-state index >= 15 is 0 Å². The molecule has 2 rings (SSSR count). The van der Waals surface area contributed by atoms with Crippen LogP contribution in [0.25, 0.3) is 0 Å². The van der Waals surface area contributed by atoms with Gasteiger partial charge in [0.25, 0.3) is 0 Å². The van der Waals surface area contributed by atoms with Crippen molar-refractivity contribution in [3.05, 3.63) is 34.9 Å². The summed E-state index contributed by atoms with van der Waals surface area (Å²) in [6.45, 7) is 2.19. The van der Waals surface area contributed by atoms with E-state index < -0.39 is 11.2 Å². The standard InChI is InChI=1S/C12H15F2N/c1-2-8-3-4-9(13)10(11(8)14)12(7-15)5-6-12/h3-4H,2,5-7,15H2,1H3. The normalized spacial score (nSPS) is 17.9. The number of rotatable bonds is 3. The third-order valence-electron chi connectivity index (χ3n) is 3.33. The molecule has 82 valence electrons. The fraction of sp³-hybridized carbons (Fsp3) is 0.500. The van der Waals surface area contributed by atoms with Crippen LogP contribution in [0.5, 0.6) is 0 Å². The number of halogens is 2. The lowest BCUT2D eigenvalue weighted by Gasteiger charge is -2.16. The van der Waals surface area contributed by atoms with Crippen LogP contribution in [0.2, 0.25) is 0 Å². The Labute approximate surface area is 88.3 Å². The van der Waals surface area contributed by atoms with E-state index in [1.807, 2.05) is 6.92 Å².